The van der Waals surface area contributed by atoms with Crippen LogP contribution in [0.25, 0.3) is 24.3 Å². The van der Waals surface area contributed by atoms with Gasteiger partial charge in [-0.15, -0.1) is 0 Å². The van der Waals surface area contributed by atoms with E-state index in [2.05, 4.69) is 85.8 Å². The van der Waals surface area contributed by atoms with Crippen molar-refractivity contribution in [3.63, 3.8) is 0 Å². The minimum atomic E-state index is -0.244. The van der Waals surface area contributed by atoms with Crippen LogP contribution < -0.4 is 21.4 Å². The van der Waals surface area contributed by atoms with Crippen molar-refractivity contribution in [2.45, 2.75) is 80.1 Å². The summed E-state index contributed by atoms with van der Waals surface area (Å²) in [5.74, 6) is -0.487. The van der Waals surface area contributed by atoms with Gasteiger partial charge >= 0.3 is 11.9 Å². The van der Waals surface area contributed by atoms with Crippen LogP contribution in [-0.4, -0.2) is 46.1 Å². The molecule has 0 radical (unpaired) electrons. The van der Waals surface area contributed by atoms with Crippen molar-refractivity contribution in [1.29, 1.82) is 0 Å². The summed E-state index contributed by atoms with van der Waals surface area (Å²) in [6.45, 7) is 12.9. The first kappa shape index (κ1) is 31.0. The van der Waals surface area contributed by atoms with E-state index in [0.717, 1.165) is 79.3 Å². The first-order valence-electron chi connectivity index (χ1n) is 15.5. The van der Waals surface area contributed by atoms with Gasteiger partial charge in [0.2, 0.25) is 0 Å². The van der Waals surface area contributed by atoms with Crippen LogP contribution in [0.4, 0.5) is 0 Å². The van der Waals surface area contributed by atoms with Gasteiger partial charge < -0.3 is 29.4 Å². The topological polar surface area (TPSA) is 116 Å². The molecule has 5 rings (SSSR count). The van der Waals surface area contributed by atoms with Gasteiger partial charge in [-0.25, -0.2) is 0 Å². The van der Waals surface area contributed by atoms with E-state index in [4.69, 9.17) is 9.47 Å². The minimum Gasteiger partial charge on any atom is -0.469 e. The van der Waals surface area contributed by atoms with E-state index in [9.17, 15) is 9.59 Å². The number of carbonyl (C=O) groups is 2. The molecule has 0 aliphatic carbocycles. The van der Waals surface area contributed by atoms with Gasteiger partial charge in [0, 0.05) is 57.0 Å². The van der Waals surface area contributed by atoms with Gasteiger partial charge in [-0.3, -0.25) is 9.59 Å². The zero-order valence-electron chi connectivity index (χ0n) is 27.2. The normalized spacial score (nSPS) is 15.3. The number of hydrogen-bond donors (Lipinski definition) is 4. The maximum absolute atomic E-state index is 12.2. The third-order valence-corrected chi connectivity index (χ3v) is 9.28. The SMILES string of the molecule is CCc1c2[nH]c(c1C)/C=c1\[nH]/c(c(CCC(=O)OC)c1C)=C\c1[nH]c(c(C)c1CCC(=O)OC)/C=c1\[nH]/c(c(C)c1CC)=C\2. The summed E-state index contributed by atoms with van der Waals surface area (Å²) in [7, 11) is 2.84. The monoisotopic (exact) mass is 596 g/mol. The second-order valence-electron chi connectivity index (χ2n) is 11.7. The van der Waals surface area contributed by atoms with E-state index >= 15 is 0 Å². The third kappa shape index (κ3) is 5.73. The summed E-state index contributed by atoms with van der Waals surface area (Å²) in [5.41, 5.74) is 13.4. The molecule has 0 saturated carbocycles. The summed E-state index contributed by atoms with van der Waals surface area (Å²) >= 11 is 0. The molecular weight excluding hydrogens is 552 g/mol. The van der Waals surface area contributed by atoms with Crippen molar-refractivity contribution >= 4 is 36.2 Å². The van der Waals surface area contributed by atoms with E-state index in [1.54, 1.807) is 0 Å². The van der Waals surface area contributed by atoms with Crippen LogP contribution in [0.15, 0.2) is 0 Å². The number of carbonyl (C=O) groups excluding carboxylic acids is 2. The number of methoxy groups -OCH3 is 2. The average molecular weight is 597 g/mol. The fourth-order valence-electron chi connectivity index (χ4n) is 6.58. The largest absolute Gasteiger partial charge is 0.469 e. The van der Waals surface area contributed by atoms with E-state index in [0.29, 0.717) is 12.8 Å². The quantitative estimate of drug-likeness (QED) is 0.206. The first-order valence-corrected chi connectivity index (χ1v) is 15.5. The second-order valence-corrected chi connectivity index (χ2v) is 11.7. The fraction of sp³-hybridized carbons (Fsp3) is 0.389. The van der Waals surface area contributed by atoms with Crippen LogP contribution in [0.5, 0.6) is 0 Å². The van der Waals surface area contributed by atoms with Crippen molar-refractivity contribution in [2.24, 2.45) is 0 Å². The van der Waals surface area contributed by atoms with E-state index < -0.39 is 0 Å². The minimum absolute atomic E-state index is 0.243. The maximum atomic E-state index is 12.2. The number of aromatic nitrogens is 4. The Labute approximate surface area is 258 Å². The van der Waals surface area contributed by atoms with Gasteiger partial charge in [-0.1, -0.05) is 13.8 Å². The Kier molecular flexibility index (Phi) is 8.90. The molecule has 4 aromatic heterocycles. The summed E-state index contributed by atoms with van der Waals surface area (Å²) in [6.07, 6.45) is 12.2. The Hall–Kier alpha value is -4.46. The molecule has 232 valence electrons. The molecule has 1 aliphatic rings. The van der Waals surface area contributed by atoms with Crippen molar-refractivity contribution in [3.05, 3.63) is 88.7 Å². The van der Waals surface area contributed by atoms with Gasteiger partial charge in [0.1, 0.15) is 0 Å². The number of aromatic amines is 4. The van der Waals surface area contributed by atoms with E-state index in [1.165, 1.54) is 36.5 Å². The Morgan fingerprint density at radius 1 is 0.523 bits per heavy atom. The molecule has 0 fully saturated rings. The first-order chi connectivity index (χ1) is 21.1. The van der Waals surface area contributed by atoms with E-state index in [1.807, 2.05) is 0 Å². The number of nitrogens with one attached hydrogen (secondary N) is 4. The summed E-state index contributed by atoms with van der Waals surface area (Å²) in [4.78, 5) is 39.1. The van der Waals surface area contributed by atoms with Gasteiger partial charge in [0.15, 0.2) is 0 Å². The molecule has 8 heteroatoms. The lowest BCUT2D eigenvalue weighted by Gasteiger charge is -2.03. The maximum Gasteiger partial charge on any atom is 0.305 e. The van der Waals surface area contributed by atoms with Crippen LogP contribution in [0.1, 0.15) is 94.0 Å². The summed E-state index contributed by atoms with van der Waals surface area (Å²) < 4.78 is 9.94. The predicted octanol–water partition coefficient (Wildman–Crippen LogP) is 3.20. The van der Waals surface area contributed by atoms with Crippen molar-refractivity contribution in [2.75, 3.05) is 14.2 Å². The molecule has 4 N–H and O–H groups in total. The van der Waals surface area contributed by atoms with Gasteiger partial charge in [0.05, 0.1) is 14.2 Å². The van der Waals surface area contributed by atoms with Crippen LogP contribution in [0.2, 0.25) is 0 Å². The van der Waals surface area contributed by atoms with Crippen LogP contribution in [0, 0.1) is 27.7 Å². The lowest BCUT2D eigenvalue weighted by molar-refractivity contribution is -0.141. The number of ether oxygens (including phenoxy) is 2. The fourth-order valence-corrected chi connectivity index (χ4v) is 6.58. The molecule has 1 aliphatic heterocycles. The molecular formula is C36H44N4O4. The molecule has 8 nitrogen and oxygen atoms in total. The molecule has 4 aromatic rings. The van der Waals surface area contributed by atoms with Gasteiger partial charge in [-0.2, -0.15) is 0 Å². The predicted molar refractivity (Wildman–Crippen MR) is 174 cm³/mol. The number of H-pyrrole nitrogens is 4. The Balaban J connectivity index is 1.87. The summed E-state index contributed by atoms with van der Waals surface area (Å²) in [6, 6.07) is 0. The highest BCUT2D eigenvalue weighted by Crippen LogP contribution is 2.23. The number of rotatable bonds is 8. The van der Waals surface area contributed by atoms with Crippen LogP contribution >= 0.6 is 0 Å². The number of esters is 2. The number of fused-ring (bicyclic) bond motifs is 8. The Morgan fingerprint density at radius 2 is 0.932 bits per heavy atom. The van der Waals surface area contributed by atoms with Gasteiger partial charge in [-0.05, 0) is 122 Å². The highest BCUT2D eigenvalue weighted by molar-refractivity contribution is 5.71. The highest BCUT2D eigenvalue weighted by atomic mass is 16.5. The molecule has 0 unspecified atom stereocenters. The standard InChI is InChI=1S/C36H44N4O4/c1-9-23-19(3)27-15-28-21(5)25(11-13-35(41)43-7)33(39-28)18-34-26(12-14-36(42)44-8)22(6)30(40-34)17-32-24(10-2)20(4)29(38-32)16-31(23)37-27/h15-18,37-40H,9-14H2,1-8H3/b27-15?,28-15-,29-16-,30-17?,31-16?,32-17-,33-18-,34-18?. The Morgan fingerprint density at radius 3 is 1.48 bits per heavy atom. The zero-order valence-corrected chi connectivity index (χ0v) is 27.2. The highest BCUT2D eigenvalue weighted by Gasteiger charge is 2.18. The molecule has 0 atom stereocenters. The average Bonchev–Trinajstić information content (AvgIpc) is 3.67. The molecule has 0 saturated heterocycles. The Bertz CT molecular complexity index is 1990. The smallest absolute Gasteiger partial charge is 0.305 e. The molecule has 8 bridgehead atoms. The van der Waals surface area contributed by atoms with E-state index in [-0.39, 0.29) is 24.8 Å². The van der Waals surface area contributed by atoms with Crippen molar-refractivity contribution in [3.8, 4) is 0 Å². The molecule has 0 spiro atoms. The molecule has 44 heavy (non-hydrogen) atoms. The third-order valence-electron chi connectivity index (χ3n) is 9.28. The molecule has 0 aromatic carbocycles. The van der Waals surface area contributed by atoms with Crippen LogP contribution in [0.3, 0.4) is 0 Å². The summed E-state index contributed by atoms with van der Waals surface area (Å²) in [5, 5.41) is 4.08. The second kappa shape index (κ2) is 12.6. The lowest BCUT2D eigenvalue weighted by Crippen LogP contribution is -2.14. The van der Waals surface area contributed by atoms with Crippen molar-refractivity contribution in [1.82, 2.24) is 19.9 Å². The van der Waals surface area contributed by atoms with Crippen molar-refractivity contribution < 1.29 is 19.1 Å². The molecule has 5 heterocycles. The lowest BCUT2D eigenvalue weighted by atomic mass is 10.0. The van der Waals surface area contributed by atoms with Crippen LogP contribution in [-0.2, 0) is 44.7 Å². The zero-order chi connectivity index (χ0) is 31.7. The molecule has 0 amide bonds. The number of hydrogen-bond acceptors (Lipinski definition) is 4. The van der Waals surface area contributed by atoms with Gasteiger partial charge in [0.25, 0.3) is 0 Å².